The van der Waals surface area contributed by atoms with Gasteiger partial charge in [0.15, 0.2) is 11.0 Å². The molecule has 0 unspecified atom stereocenters. The Balaban J connectivity index is 3.18. The number of carbonyl (C=O) groups is 2. The van der Waals surface area contributed by atoms with Gasteiger partial charge in [-0.2, -0.15) is 0 Å². The van der Waals surface area contributed by atoms with E-state index in [1.54, 1.807) is 0 Å². The van der Waals surface area contributed by atoms with Crippen LogP contribution in [0, 0.1) is 5.92 Å². The third-order valence-corrected chi connectivity index (χ3v) is 5.77. The fourth-order valence-corrected chi connectivity index (χ4v) is 3.88. The zero-order valence-corrected chi connectivity index (χ0v) is 17.5. The minimum absolute atomic E-state index is 0.0144. The van der Waals surface area contributed by atoms with E-state index in [4.69, 9.17) is 5.73 Å². The molecular formula is C17H33N6O2S+. The van der Waals surface area contributed by atoms with Crippen LogP contribution in [0.1, 0.15) is 58.8 Å². The number of quaternary nitrogens is 1. The molecule has 0 aromatic carbocycles. The first-order valence-electron chi connectivity index (χ1n) is 9.22. The number of amides is 3. The summed E-state index contributed by atoms with van der Waals surface area (Å²) in [4.78, 5) is 24.7. The number of unbranched alkanes of at least 4 members (excludes halogenated alkanes) is 1. The number of carbonyl (C=O) groups excluding carboxylic acids is 2. The summed E-state index contributed by atoms with van der Waals surface area (Å²) in [6.07, 6.45) is 3.02. The zero-order chi connectivity index (χ0) is 19.9. The van der Waals surface area contributed by atoms with Crippen LogP contribution in [0.15, 0.2) is 5.16 Å². The molecule has 1 aromatic heterocycles. The molecule has 0 aliphatic rings. The SMILES string of the molecule is CCCCn1c(S[C@@H](C(=O)NC(N)=O)C(C)C)nnc1[C@@H](CC)[NH+](C)C. The van der Waals surface area contributed by atoms with Crippen molar-refractivity contribution < 1.29 is 14.5 Å². The Labute approximate surface area is 160 Å². The Hall–Kier alpha value is -1.61. The third-order valence-electron chi connectivity index (χ3n) is 4.24. The maximum Gasteiger partial charge on any atom is 0.318 e. The number of hydrogen-bond donors (Lipinski definition) is 3. The van der Waals surface area contributed by atoms with Gasteiger partial charge in [0, 0.05) is 13.0 Å². The van der Waals surface area contributed by atoms with Crippen molar-refractivity contribution in [3.05, 3.63) is 5.82 Å². The summed E-state index contributed by atoms with van der Waals surface area (Å²) >= 11 is 1.34. The van der Waals surface area contributed by atoms with Crippen molar-refractivity contribution in [2.75, 3.05) is 14.1 Å². The van der Waals surface area contributed by atoms with Crippen LogP contribution in [0.3, 0.4) is 0 Å². The minimum atomic E-state index is -0.836. The van der Waals surface area contributed by atoms with E-state index in [9.17, 15) is 9.59 Å². The molecule has 0 saturated heterocycles. The van der Waals surface area contributed by atoms with Crippen molar-refractivity contribution in [3.63, 3.8) is 0 Å². The molecule has 0 spiro atoms. The molecular weight excluding hydrogens is 352 g/mol. The van der Waals surface area contributed by atoms with Crippen LogP contribution in [0.2, 0.25) is 0 Å². The molecule has 2 atom stereocenters. The monoisotopic (exact) mass is 385 g/mol. The van der Waals surface area contributed by atoms with E-state index < -0.39 is 17.2 Å². The summed E-state index contributed by atoms with van der Waals surface area (Å²) in [6.45, 7) is 8.96. The minimum Gasteiger partial charge on any atom is -0.351 e. The molecule has 1 heterocycles. The number of nitrogens with one attached hydrogen (secondary N) is 2. The number of hydrogen-bond acceptors (Lipinski definition) is 5. The van der Waals surface area contributed by atoms with E-state index in [1.807, 2.05) is 13.8 Å². The average Bonchev–Trinajstić information content (AvgIpc) is 2.92. The summed E-state index contributed by atoms with van der Waals surface area (Å²) in [5.41, 5.74) is 5.10. The van der Waals surface area contributed by atoms with Gasteiger partial charge in [0.1, 0.15) is 6.04 Å². The van der Waals surface area contributed by atoms with Gasteiger partial charge in [-0.15, -0.1) is 10.2 Å². The van der Waals surface area contributed by atoms with Crippen molar-refractivity contribution in [3.8, 4) is 0 Å². The molecule has 9 heteroatoms. The number of aromatic nitrogens is 3. The highest BCUT2D eigenvalue weighted by Gasteiger charge is 2.30. The van der Waals surface area contributed by atoms with Gasteiger partial charge in [-0.3, -0.25) is 10.1 Å². The Morgan fingerprint density at radius 3 is 2.38 bits per heavy atom. The Bertz CT molecular complexity index is 602. The number of urea groups is 1. The van der Waals surface area contributed by atoms with Gasteiger partial charge in [-0.1, -0.05) is 45.9 Å². The topological polar surface area (TPSA) is 107 Å². The molecule has 0 fully saturated rings. The second-order valence-electron chi connectivity index (χ2n) is 7.02. The zero-order valence-electron chi connectivity index (χ0n) is 16.7. The van der Waals surface area contributed by atoms with Crippen molar-refractivity contribution in [2.24, 2.45) is 11.7 Å². The molecule has 1 rings (SSSR count). The largest absolute Gasteiger partial charge is 0.351 e. The van der Waals surface area contributed by atoms with E-state index in [2.05, 4.69) is 48.0 Å². The van der Waals surface area contributed by atoms with E-state index in [0.717, 1.165) is 31.6 Å². The molecule has 0 aliphatic carbocycles. The van der Waals surface area contributed by atoms with Gasteiger partial charge >= 0.3 is 6.03 Å². The fraction of sp³-hybridized carbons (Fsp3) is 0.765. The first kappa shape index (κ1) is 22.4. The molecule has 0 bridgehead atoms. The smallest absolute Gasteiger partial charge is 0.318 e. The lowest BCUT2D eigenvalue weighted by Gasteiger charge is -2.22. The lowest BCUT2D eigenvalue weighted by atomic mass is 10.1. The van der Waals surface area contributed by atoms with Gasteiger partial charge in [-0.05, 0) is 12.3 Å². The van der Waals surface area contributed by atoms with E-state index >= 15 is 0 Å². The normalized spacial score (nSPS) is 13.8. The third kappa shape index (κ3) is 5.98. The highest BCUT2D eigenvalue weighted by Crippen LogP contribution is 2.29. The molecule has 0 saturated carbocycles. The van der Waals surface area contributed by atoms with Gasteiger partial charge in [-0.25, -0.2) is 4.79 Å². The summed E-state index contributed by atoms with van der Waals surface area (Å²) < 4.78 is 2.13. The van der Waals surface area contributed by atoms with Crippen molar-refractivity contribution in [1.29, 1.82) is 0 Å². The highest BCUT2D eigenvalue weighted by molar-refractivity contribution is 8.00. The van der Waals surface area contributed by atoms with Crippen molar-refractivity contribution in [2.45, 2.75) is 70.0 Å². The van der Waals surface area contributed by atoms with E-state index in [-0.39, 0.29) is 12.0 Å². The Morgan fingerprint density at radius 2 is 1.92 bits per heavy atom. The number of imide groups is 1. The summed E-state index contributed by atoms with van der Waals surface area (Å²) in [5, 5.41) is 11.2. The molecule has 0 radical (unpaired) electrons. The van der Waals surface area contributed by atoms with E-state index in [1.165, 1.54) is 16.7 Å². The molecule has 4 N–H and O–H groups in total. The van der Waals surface area contributed by atoms with Crippen LogP contribution in [-0.2, 0) is 11.3 Å². The van der Waals surface area contributed by atoms with E-state index in [0.29, 0.717) is 5.16 Å². The first-order valence-corrected chi connectivity index (χ1v) is 10.1. The molecule has 8 nitrogen and oxygen atoms in total. The Kier molecular flexibility index (Phi) is 9.07. The van der Waals surface area contributed by atoms with Crippen LogP contribution in [0.25, 0.3) is 0 Å². The molecule has 1 aromatic rings. The Morgan fingerprint density at radius 1 is 1.27 bits per heavy atom. The number of rotatable bonds is 10. The van der Waals surface area contributed by atoms with Crippen LogP contribution in [0.5, 0.6) is 0 Å². The van der Waals surface area contributed by atoms with Crippen LogP contribution in [-0.4, -0.2) is 46.0 Å². The predicted octanol–water partition coefficient (Wildman–Crippen LogP) is 0.985. The molecule has 26 heavy (non-hydrogen) atoms. The number of thioether (sulfide) groups is 1. The second kappa shape index (κ2) is 10.5. The van der Waals surface area contributed by atoms with Gasteiger partial charge in [0.05, 0.1) is 19.3 Å². The number of nitrogens with two attached hydrogens (primary N) is 1. The first-order chi connectivity index (χ1) is 12.2. The van der Waals surface area contributed by atoms with Crippen molar-refractivity contribution in [1.82, 2.24) is 20.1 Å². The summed E-state index contributed by atoms with van der Waals surface area (Å²) in [7, 11) is 4.22. The lowest BCUT2D eigenvalue weighted by molar-refractivity contribution is -0.893. The molecule has 0 aliphatic heterocycles. The predicted molar refractivity (Wildman–Crippen MR) is 103 cm³/mol. The lowest BCUT2D eigenvalue weighted by Crippen LogP contribution is -3.06. The number of primary amides is 1. The van der Waals surface area contributed by atoms with Crippen LogP contribution < -0.4 is 16.0 Å². The molecule has 148 valence electrons. The van der Waals surface area contributed by atoms with Crippen LogP contribution in [0.4, 0.5) is 4.79 Å². The maximum atomic E-state index is 12.3. The van der Waals surface area contributed by atoms with Gasteiger partial charge in [0.25, 0.3) is 0 Å². The second-order valence-corrected chi connectivity index (χ2v) is 8.13. The average molecular weight is 386 g/mol. The number of nitrogens with zero attached hydrogens (tertiary/aromatic N) is 3. The fourth-order valence-electron chi connectivity index (χ4n) is 2.82. The summed E-state index contributed by atoms with van der Waals surface area (Å²) in [5.74, 6) is 0.566. The maximum absolute atomic E-state index is 12.3. The summed E-state index contributed by atoms with van der Waals surface area (Å²) in [6, 6.07) is -0.595. The quantitative estimate of drug-likeness (QED) is 0.521. The van der Waals surface area contributed by atoms with Gasteiger partial charge in [0.2, 0.25) is 5.91 Å². The van der Waals surface area contributed by atoms with Crippen molar-refractivity contribution >= 4 is 23.7 Å². The highest BCUT2D eigenvalue weighted by atomic mass is 32.2. The standard InChI is InChI=1S/C17H32N6O2S/c1-7-9-10-23-14(12(8-2)22(5)6)20-21-17(23)26-13(11(3)4)15(24)19-16(18)25/h11-13H,7-10H2,1-6H3,(H3,18,19,24,25)/p+1/t12-,13-/m1/s1. The van der Waals surface area contributed by atoms with Gasteiger partial charge < -0.3 is 15.2 Å². The van der Waals surface area contributed by atoms with Crippen LogP contribution >= 0.6 is 11.8 Å². The molecule has 3 amide bonds.